The van der Waals surface area contributed by atoms with Crippen molar-refractivity contribution in [3.63, 3.8) is 0 Å². The summed E-state index contributed by atoms with van der Waals surface area (Å²) in [5.41, 5.74) is 0.493. The molecule has 1 amide bonds. The molecule has 0 heterocycles. The second-order valence-corrected chi connectivity index (χ2v) is 5.28. The molecule has 0 aliphatic heterocycles. The number of aliphatic hydroxyl groups excluding tert-OH is 1. The lowest BCUT2D eigenvalue weighted by atomic mass is 10.2. The van der Waals surface area contributed by atoms with Gasteiger partial charge in [0.25, 0.3) is 5.91 Å². The third kappa shape index (κ3) is 6.55. The van der Waals surface area contributed by atoms with Gasteiger partial charge in [0.05, 0.1) is 12.2 Å². The van der Waals surface area contributed by atoms with Crippen molar-refractivity contribution >= 4 is 23.2 Å². The van der Waals surface area contributed by atoms with Crippen LogP contribution in [0.25, 0.3) is 0 Å². The largest absolute Gasteiger partial charge is 0.491 e. The molecule has 2 unspecified atom stereocenters. The standard InChI is InChI=1S/C15H22N2O3S/c1-4-11(3)20-13-7-5-12(6-8-13)14(19)17-15(21)16-9-10(2)18/h5-8,10-11,18H,4,9H2,1-3H3,(H2,16,17,19,21). The molecule has 0 bridgehead atoms. The predicted octanol–water partition coefficient (Wildman–Crippen LogP) is 1.85. The summed E-state index contributed by atoms with van der Waals surface area (Å²) in [6.07, 6.45) is 0.532. The predicted molar refractivity (Wildman–Crippen MR) is 86.6 cm³/mol. The minimum Gasteiger partial charge on any atom is -0.491 e. The lowest BCUT2D eigenvalue weighted by molar-refractivity contribution is 0.0976. The normalized spacial score (nSPS) is 13.1. The van der Waals surface area contributed by atoms with Gasteiger partial charge in [-0.05, 0) is 56.8 Å². The van der Waals surface area contributed by atoms with Crippen LogP contribution in [0.3, 0.4) is 0 Å². The van der Waals surface area contributed by atoms with E-state index in [1.54, 1.807) is 31.2 Å². The van der Waals surface area contributed by atoms with E-state index in [1.807, 2.05) is 13.8 Å². The van der Waals surface area contributed by atoms with Crippen molar-refractivity contribution in [1.82, 2.24) is 10.6 Å². The third-order valence-electron chi connectivity index (χ3n) is 2.81. The van der Waals surface area contributed by atoms with Gasteiger partial charge in [-0.2, -0.15) is 0 Å². The molecule has 0 aliphatic carbocycles. The van der Waals surface area contributed by atoms with E-state index < -0.39 is 6.10 Å². The molecule has 0 radical (unpaired) electrons. The first kappa shape index (κ1) is 17.4. The van der Waals surface area contributed by atoms with Crippen LogP contribution in [0.5, 0.6) is 5.75 Å². The molecule has 116 valence electrons. The van der Waals surface area contributed by atoms with Gasteiger partial charge in [-0.3, -0.25) is 10.1 Å². The summed E-state index contributed by atoms with van der Waals surface area (Å²) in [4.78, 5) is 11.9. The number of ether oxygens (including phenoxy) is 1. The molecule has 0 aromatic heterocycles. The highest BCUT2D eigenvalue weighted by molar-refractivity contribution is 7.80. The van der Waals surface area contributed by atoms with Crippen molar-refractivity contribution in [2.24, 2.45) is 0 Å². The number of amides is 1. The second kappa shape index (κ2) is 8.59. The molecule has 0 aliphatic rings. The maximum atomic E-state index is 11.9. The molecule has 2 atom stereocenters. The molecule has 21 heavy (non-hydrogen) atoms. The summed E-state index contributed by atoms with van der Waals surface area (Å²) in [5.74, 6) is 0.434. The Morgan fingerprint density at radius 2 is 1.95 bits per heavy atom. The van der Waals surface area contributed by atoms with E-state index in [0.29, 0.717) is 12.1 Å². The first-order valence-electron chi connectivity index (χ1n) is 6.96. The molecule has 6 heteroatoms. The number of rotatable bonds is 6. The smallest absolute Gasteiger partial charge is 0.257 e. The summed E-state index contributed by atoms with van der Waals surface area (Å²) in [7, 11) is 0. The highest BCUT2D eigenvalue weighted by atomic mass is 32.1. The molecule has 5 nitrogen and oxygen atoms in total. The zero-order valence-corrected chi connectivity index (χ0v) is 13.4. The zero-order chi connectivity index (χ0) is 15.8. The fraction of sp³-hybridized carbons (Fsp3) is 0.467. The Kier molecular flexibility index (Phi) is 7.11. The summed E-state index contributed by atoms with van der Waals surface area (Å²) < 4.78 is 5.65. The number of nitrogens with one attached hydrogen (secondary N) is 2. The maximum Gasteiger partial charge on any atom is 0.257 e. The molecule has 1 aromatic rings. The summed E-state index contributed by atoms with van der Waals surface area (Å²) >= 11 is 4.97. The van der Waals surface area contributed by atoms with E-state index in [-0.39, 0.29) is 17.1 Å². The summed E-state index contributed by atoms with van der Waals surface area (Å²) in [5, 5.41) is 14.6. The molecule has 1 rings (SSSR count). The fourth-order valence-corrected chi connectivity index (χ4v) is 1.64. The molecule has 0 spiro atoms. The average molecular weight is 310 g/mol. The van der Waals surface area contributed by atoms with Crippen molar-refractivity contribution in [3.8, 4) is 5.75 Å². The van der Waals surface area contributed by atoms with Gasteiger partial charge in [-0.25, -0.2) is 0 Å². The number of hydrogen-bond donors (Lipinski definition) is 3. The van der Waals surface area contributed by atoms with Gasteiger partial charge in [0.1, 0.15) is 5.75 Å². The average Bonchev–Trinajstić information content (AvgIpc) is 2.45. The van der Waals surface area contributed by atoms with Crippen LogP contribution >= 0.6 is 12.2 Å². The van der Waals surface area contributed by atoms with Gasteiger partial charge in [0, 0.05) is 12.1 Å². The van der Waals surface area contributed by atoms with E-state index in [0.717, 1.165) is 12.2 Å². The molecule has 0 saturated heterocycles. The van der Waals surface area contributed by atoms with Gasteiger partial charge >= 0.3 is 0 Å². The lowest BCUT2D eigenvalue weighted by Gasteiger charge is -2.13. The maximum absolute atomic E-state index is 11.9. The fourth-order valence-electron chi connectivity index (χ4n) is 1.46. The van der Waals surface area contributed by atoms with E-state index in [1.165, 1.54) is 0 Å². The third-order valence-corrected chi connectivity index (χ3v) is 3.06. The van der Waals surface area contributed by atoms with Crippen LogP contribution in [-0.4, -0.2) is 34.9 Å². The summed E-state index contributed by atoms with van der Waals surface area (Å²) in [6, 6.07) is 6.88. The van der Waals surface area contributed by atoms with Gasteiger partial charge < -0.3 is 15.2 Å². The Bertz CT molecular complexity index is 474. The van der Waals surface area contributed by atoms with Crippen molar-refractivity contribution in [2.45, 2.75) is 39.4 Å². The highest BCUT2D eigenvalue weighted by Gasteiger charge is 2.09. The molecule has 0 fully saturated rings. The van der Waals surface area contributed by atoms with Crippen molar-refractivity contribution in [2.75, 3.05) is 6.54 Å². The highest BCUT2D eigenvalue weighted by Crippen LogP contribution is 2.14. The van der Waals surface area contributed by atoms with Crippen LogP contribution in [0.15, 0.2) is 24.3 Å². The monoisotopic (exact) mass is 310 g/mol. The molecule has 3 N–H and O–H groups in total. The van der Waals surface area contributed by atoms with E-state index in [4.69, 9.17) is 22.1 Å². The van der Waals surface area contributed by atoms with Crippen LogP contribution in [0.1, 0.15) is 37.6 Å². The molecular weight excluding hydrogens is 288 g/mol. The van der Waals surface area contributed by atoms with Crippen LogP contribution < -0.4 is 15.4 Å². The van der Waals surface area contributed by atoms with Crippen molar-refractivity contribution in [3.05, 3.63) is 29.8 Å². The van der Waals surface area contributed by atoms with Crippen LogP contribution in [0, 0.1) is 0 Å². The topological polar surface area (TPSA) is 70.6 Å². The number of carbonyl (C=O) groups excluding carboxylic acids is 1. The Morgan fingerprint density at radius 1 is 1.33 bits per heavy atom. The SMILES string of the molecule is CCC(C)Oc1ccc(C(=O)NC(=S)NCC(C)O)cc1. The Morgan fingerprint density at radius 3 is 2.48 bits per heavy atom. The first-order chi connectivity index (χ1) is 9.92. The number of thiocarbonyl (C=S) groups is 1. The van der Waals surface area contributed by atoms with E-state index >= 15 is 0 Å². The Balaban J connectivity index is 2.53. The quantitative estimate of drug-likeness (QED) is 0.700. The van der Waals surface area contributed by atoms with Crippen LogP contribution in [0.2, 0.25) is 0 Å². The minimum atomic E-state index is -0.531. The van der Waals surface area contributed by atoms with Crippen molar-refractivity contribution in [1.29, 1.82) is 0 Å². The zero-order valence-electron chi connectivity index (χ0n) is 12.6. The summed E-state index contributed by atoms with van der Waals surface area (Å²) in [6.45, 7) is 5.97. The number of hydrogen-bond acceptors (Lipinski definition) is 4. The number of aliphatic hydroxyl groups is 1. The van der Waals surface area contributed by atoms with E-state index in [9.17, 15) is 4.79 Å². The Labute approximate surface area is 130 Å². The minimum absolute atomic E-state index is 0.141. The van der Waals surface area contributed by atoms with Gasteiger partial charge in [0.15, 0.2) is 5.11 Å². The first-order valence-corrected chi connectivity index (χ1v) is 7.37. The van der Waals surface area contributed by atoms with Gasteiger partial charge in [-0.1, -0.05) is 6.92 Å². The van der Waals surface area contributed by atoms with Crippen molar-refractivity contribution < 1.29 is 14.6 Å². The lowest BCUT2D eigenvalue weighted by Crippen LogP contribution is -2.41. The van der Waals surface area contributed by atoms with Crippen LogP contribution in [-0.2, 0) is 0 Å². The molecule has 1 aromatic carbocycles. The number of benzene rings is 1. The van der Waals surface area contributed by atoms with Crippen LogP contribution in [0.4, 0.5) is 0 Å². The van der Waals surface area contributed by atoms with Gasteiger partial charge in [0.2, 0.25) is 0 Å². The molecule has 0 saturated carbocycles. The number of carbonyl (C=O) groups is 1. The van der Waals surface area contributed by atoms with E-state index in [2.05, 4.69) is 10.6 Å². The van der Waals surface area contributed by atoms with Gasteiger partial charge in [-0.15, -0.1) is 0 Å². The molecular formula is C15H22N2O3S. The second-order valence-electron chi connectivity index (χ2n) is 4.87. The Hall–Kier alpha value is -1.66.